The Labute approximate surface area is 223 Å². The van der Waals surface area contributed by atoms with Crippen LogP contribution in [0.1, 0.15) is 69.8 Å². The van der Waals surface area contributed by atoms with E-state index in [4.69, 9.17) is 4.74 Å². The van der Waals surface area contributed by atoms with Crippen molar-refractivity contribution >= 4 is 6.03 Å². The van der Waals surface area contributed by atoms with Gasteiger partial charge in [-0.1, -0.05) is 0 Å². The number of hydrogen-bond donors (Lipinski definition) is 3. The topological polar surface area (TPSA) is 73.8 Å². The molecule has 1 saturated carbocycles. The van der Waals surface area contributed by atoms with E-state index in [2.05, 4.69) is 10.6 Å². The predicted octanol–water partition coefficient (Wildman–Crippen LogP) is 5.04. The maximum absolute atomic E-state index is 14.9. The van der Waals surface area contributed by atoms with Crippen LogP contribution in [0.15, 0.2) is 12.1 Å². The number of piperidine rings is 1. The molecule has 1 aromatic rings. The molecule has 0 bridgehead atoms. The van der Waals surface area contributed by atoms with E-state index in [1.807, 2.05) is 7.05 Å². The van der Waals surface area contributed by atoms with Gasteiger partial charge in [0.05, 0.1) is 5.60 Å². The molecule has 6 nitrogen and oxygen atoms in total. The first-order valence-electron chi connectivity index (χ1n) is 13.9. The molecule has 3 rings (SSSR count). The minimum absolute atomic E-state index is 0.0793. The highest BCUT2D eigenvalue weighted by Crippen LogP contribution is 2.41. The molecule has 1 saturated heterocycles. The molecule has 216 valence electrons. The van der Waals surface area contributed by atoms with Gasteiger partial charge in [0.2, 0.25) is 0 Å². The Morgan fingerprint density at radius 3 is 2.61 bits per heavy atom. The van der Waals surface area contributed by atoms with Crippen LogP contribution >= 0.6 is 0 Å². The molecule has 2 aliphatic rings. The van der Waals surface area contributed by atoms with Crippen molar-refractivity contribution in [2.75, 3.05) is 40.4 Å². The number of likely N-dealkylation sites (N-methyl/N-ethyl adjacent to an activating group) is 1. The summed E-state index contributed by atoms with van der Waals surface area (Å²) in [6, 6.07) is 0.897. The lowest BCUT2D eigenvalue weighted by Gasteiger charge is -2.43. The summed E-state index contributed by atoms with van der Waals surface area (Å²) in [4.78, 5) is 14.9. The van der Waals surface area contributed by atoms with Crippen LogP contribution in [0.4, 0.5) is 22.4 Å². The van der Waals surface area contributed by atoms with E-state index >= 15 is 0 Å². The number of likely N-dealkylation sites (tertiary alicyclic amines) is 1. The Kier molecular flexibility index (Phi) is 11.7. The van der Waals surface area contributed by atoms with Crippen molar-refractivity contribution < 1.29 is 32.2 Å². The van der Waals surface area contributed by atoms with Crippen molar-refractivity contribution in [1.82, 2.24) is 15.5 Å². The fraction of sp³-hybridized carbons (Fsp3) is 0.750. The number of alkyl halides is 1. The molecule has 3 atom stereocenters. The van der Waals surface area contributed by atoms with Gasteiger partial charge in [-0.3, -0.25) is 0 Å². The number of carbonyl (C=O) groups excluding carboxylic acids is 1. The SMILES string of the molecule is CNCC(CC1CCC(F)CC1)NC(=O)N1CCC[C@@H]([C@@](O)(CCCCOC)c2cc(F)cc(F)c2F)C1. The number of methoxy groups -OCH3 is 1. The second-order valence-corrected chi connectivity index (χ2v) is 11.0. The van der Waals surface area contributed by atoms with Crippen molar-refractivity contribution in [1.29, 1.82) is 0 Å². The van der Waals surface area contributed by atoms with E-state index in [1.54, 1.807) is 12.0 Å². The molecule has 0 radical (unpaired) electrons. The van der Waals surface area contributed by atoms with E-state index in [0.29, 0.717) is 70.2 Å². The zero-order valence-corrected chi connectivity index (χ0v) is 22.6. The zero-order valence-electron chi connectivity index (χ0n) is 22.6. The maximum Gasteiger partial charge on any atom is 0.317 e. The lowest BCUT2D eigenvalue weighted by Crippen LogP contribution is -2.54. The number of hydrogen-bond acceptors (Lipinski definition) is 4. The second kappa shape index (κ2) is 14.5. The van der Waals surface area contributed by atoms with Crippen LogP contribution in [0.3, 0.4) is 0 Å². The number of nitrogens with zero attached hydrogens (tertiary/aromatic N) is 1. The number of urea groups is 1. The largest absolute Gasteiger partial charge is 0.385 e. The quantitative estimate of drug-likeness (QED) is 0.196. The molecule has 1 aromatic carbocycles. The number of unbranched alkanes of at least 4 members (excludes halogenated alkanes) is 1. The van der Waals surface area contributed by atoms with E-state index in [0.717, 1.165) is 25.3 Å². The first-order chi connectivity index (χ1) is 18.2. The molecular weight excluding hydrogens is 502 g/mol. The van der Waals surface area contributed by atoms with Gasteiger partial charge in [0.15, 0.2) is 11.6 Å². The van der Waals surface area contributed by atoms with Gasteiger partial charge in [-0.15, -0.1) is 0 Å². The summed E-state index contributed by atoms with van der Waals surface area (Å²) < 4.78 is 61.9. The third-order valence-electron chi connectivity index (χ3n) is 8.17. The average molecular weight is 546 g/mol. The Bertz CT molecular complexity index is 900. The van der Waals surface area contributed by atoms with E-state index in [1.165, 1.54) is 0 Å². The maximum atomic E-state index is 14.9. The van der Waals surface area contributed by atoms with Crippen molar-refractivity contribution in [3.8, 4) is 0 Å². The number of carbonyl (C=O) groups is 1. The van der Waals surface area contributed by atoms with Gasteiger partial charge in [-0.05, 0) is 83.2 Å². The summed E-state index contributed by atoms with van der Waals surface area (Å²) in [6.45, 7) is 1.59. The first-order valence-corrected chi connectivity index (χ1v) is 13.9. The second-order valence-electron chi connectivity index (χ2n) is 11.0. The fourth-order valence-corrected chi connectivity index (χ4v) is 6.09. The van der Waals surface area contributed by atoms with Crippen LogP contribution < -0.4 is 10.6 Å². The molecule has 0 aromatic heterocycles. The zero-order chi connectivity index (χ0) is 27.7. The van der Waals surface area contributed by atoms with Crippen LogP contribution in [0.5, 0.6) is 0 Å². The third kappa shape index (κ3) is 8.05. The highest BCUT2D eigenvalue weighted by molar-refractivity contribution is 5.74. The molecule has 0 spiro atoms. The standard InChI is InChI=1S/C28H43F4N3O3/c1-33-17-23(14-19-7-9-21(29)10-8-19)34-27(36)35-12-5-6-20(18-35)28(37,11-3-4-13-38-2)24-15-22(30)16-25(31)26(24)32/h15-16,19-21,23,33,37H,3-14,17-18H2,1-2H3,(H,34,36)/t19?,20-,21?,23?,28+/m1/s1. The molecular formula is C28H43F4N3O3. The summed E-state index contributed by atoms with van der Waals surface area (Å²) in [7, 11) is 3.36. The average Bonchev–Trinajstić information content (AvgIpc) is 2.90. The van der Waals surface area contributed by atoms with E-state index < -0.39 is 40.7 Å². The molecule has 1 heterocycles. The Morgan fingerprint density at radius 2 is 1.92 bits per heavy atom. The number of halogens is 4. The van der Waals surface area contributed by atoms with Crippen LogP contribution in [0.2, 0.25) is 0 Å². The Hall–Kier alpha value is -1.91. The van der Waals surface area contributed by atoms with Crippen molar-refractivity contribution in [3.63, 3.8) is 0 Å². The number of nitrogens with one attached hydrogen (secondary N) is 2. The molecule has 2 amide bonds. The van der Waals surface area contributed by atoms with Gasteiger partial charge in [0, 0.05) is 56.9 Å². The lowest BCUT2D eigenvalue weighted by atomic mass is 9.74. The first kappa shape index (κ1) is 30.6. The van der Waals surface area contributed by atoms with Crippen LogP contribution in [0, 0.1) is 29.3 Å². The summed E-state index contributed by atoms with van der Waals surface area (Å²) in [5.74, 6) is -3.84. The molecule has 1 unspecified atom stereocenters. The number of aliphatic hydroxyl groups is 1. The number of benzene rings is 1. The van der Waals surface area contributed by atoms with Crippen molar-refractivity contribution in [2.24, 2.45) is 11.8 Å². The highest BCUT2D eigenvalue weighted by Gasteiger charge is 2.43. The van der Waals surface area contributed by atoms with E-state index in [9.17, 15) is 27.5 Å². The molecule has 10 heteroatoms. The summed E-state index contributed by atoms with van der Waals surface area (Å²) in [5.41, 5.74) is -2.26. The minimum Gasteiger partial charge on any atom is -0.385 e. The van der Waals surface area contributed by atoms with Crippen LogP contribution in [-0.2, 0) is 10.3 Å². The van der Waals surface area contributed by atoms with E-state index in [-0.39, 0.29) is 25.0 Å². The molecule has 2 fully saturated rings. The van der Waals surface area contributed by atoms with Crippen molar-refractivity contribution in [3.05, 3.63) is 35.1 Å². The summed E-state index contributed by atoms with van der Waals surface area (Å²) >= 11 is 0. The normalized spacial score (nSPS) is 24.6. The summed E-state index contributed by atoms with van der Waals surface area (Å²) in [5, 5.41) is 18.0. The number of amides is 2. The van der Waals surface area contributed by atoms with Gasteiger partial charge < -0.3 is 25.4 Å². The van der Waals surface area contributed by atoms with Crippen molar-refractivity contribution in [2.45, 2.75) is 82.0 Å². The third-order valence-corrected chi connectivity index (χ3v) is 8.17. The Balaban J connectivity index is 1.74. The van der Waals surface area contributed by atoms with Gasteiger partial charge in [-0.25, -0.2) is 22.4 Å². The van der Waals surface area contributed by atoms with Crippen LogP contribution in [-0.4, -0.2) is 68.6 Å². The number of rotatable bonds is 12. The highest BCUT2D eigenvalue weighted by atomic mass is 19.2. The Morgan fingerprint density at radius 1 is 1.18 bits per heavy atom. The molecule has 3 N–H and O–H groups in total. The lowest BCUT2D eigenvalue weighted by molar-refractivity contribution is -0.0594. The molecule has 1 aliphatic heterocycles. The van der Waals surface area contributed by atoms with Gasteiger partial charge in [0.25, 0.3) is 0 Å². The van der Waals surface area contributed by atoms with Gasteiger partial charge in [0.1, 0.15) is 12.0 Å². The van der Waals surface area contributed by atoms with Gasteiger partial charge >= 0.3 is 6.03 Å². The van der Waals surface area contributed by atoms with Gasteiger partial charge in [-0.2, -0.15) is 0 Å². The van der Waals surface area contributed by atoms with Crippen LogP contribution in [0.25, 0.3) is 0 Å². The summed E-state index contributed by atoms with van der Waals surface area (Å²) in [6.07, 6.45) is 4.88. The molecule has 38 heavy (non-hydrogen) atoms. The monoisotopic (exact) mass is 545 g/mol. The predicted molar refractivity (Wildman–Crippen MR) is 138 cm³/mol. The molecule has 1 aliphatic carbocycles. The number of ether oxygens (including phenoxy) is 1. The smallest absolute Gasteiger partial charge is 0.317 e. The minimum atomic E-state index is -1.85. The fourth-order valence-electron chi connectivity index (χ4n) is 6.09.